The Hall–Kier alpha value is -1.96. The molecular weight excluding hydrogens is 393 g/mol. The first-order valence-corrected chi connectivity index (χ1v) is 10.7. The van der Waals surface area contributed by atoms with E-state index in [-0.39, 0.29) is 6.04 Å². The van der Waals surface area contributed by atoms with Crippen molar-refractivity contribution in [2.75, 3.05) is 38.2 Å². The molecule has 1 aliphatic carbocycles. The third-order valence-electron chi connectivity index (χ3n) is 6.15. The maximum Gasteiger partial charge on any atom is 0.135 e. The van der Waals surface area contributed by atoms with Crippen molar-refractivity contribution < 1.29 is 9.13 Å². The predicted molar refractivity (Wildman–Crippen MR) is 112 cm³/mol. The predicted octanol–water partition coefficient (Wildman–Crippen LogP) is 3.50. The molecule has 3 aliphatic rings. The summed E-state index contributed by atoms with van der Waals surface area (Å²) in [6.45, 7) is 5.59. The number of nitrogens with one attached hydrogen (secondary N) is 1. The Bertz CT molecular complexity index is 941. The first-order valence-electron chi connectivity index (χ1n) is 10.3. The van der Waals surface area contributed by atoms with Crippen LogP contribution < -0.4 is 5.32 Å². The Kier molecular flexibility index (Phi) is 5.05. The van der Waals surface area contributed by atoms with Gasteiger partial charge in [-0.1, -0.05) is 17.7 Å². The van der Waals surface area contributed by atoms with Crippen LogP contribution in [0.1, 0.15) is 30.6 Å². The first kappa shape index (κ1) is 19.0. The second kappa shape index (κ2) is 7.70. The number of hydrogen-bond donors (Lipinski definition) is 1. The van der Waals surface area contributed by atoms with E-state index in [4.69, 9.17) is 16.3 Å². The van der Waals surface area contributed by atoms with Crippen LogP contribution in [0.5, 0.6) is 0 Å². The van der Waals surface area contributed by atoms with E-state index in [0.717, 1.165) is 72.2 Å². The van der Waals surface area contributed by atoms with Crippen molar-refractivity contribution >= 4 is 22.3 Å². The summed E-state index contributed by atoms with van der Waals surface area (Å²) in [5.41, 5.74) is 4.81. The summed E-state index contributed by atoms with van der Waals surface area (Å²) < 4.78 is 22.0. The lowest BCUT2D eigenvalue weighted by atomic mass is 10.0. The molecule has 29 heavy (non-hydrogen) atoms. The fourth-order valence-electron chi connectivity index (χ4n) is 4.47. The van der Waals surface area contributed by atoms with Crippen molar-refractivity contribution in [2.24, 2.45) is 0 Å². The van der Waals surface area contributed by atoms with Gasteiger partial charge < -0.3 is 10.1 Å². The van der Waals surface area contributed by atoms with Gasteiger partial charge in [0.25, 0.3) is 0 Å². The summed E-state index contributed by atoms with van der Waals surface area (Å²) >= 11 is 6.44. The number of allylic oxidation sites excluding steroid dienone is 1. The quantitative estimate of drug-likeness (QED) is 0.807. The minimum absolute atomic E-state index is 0.241. The average Bonchev–Trinajstić information content (AvgIpc) is 3.28. The van der Waals surface area contributed by atoms with Crippen LogP contribution in [0, 0.1) is 0 Å². The minimum atomic E-state index is -0.944. The zero-order chi connectivity index (χ0) is 20.0. The number of ether oxygens (including phenoxy) is 1. The number of nitrogens with zero attached hydrogens (tertiary/aromatic N) is 4. The highest BCUT2D eigenvalue weighted by atomic mass is 35.5. The summed E-state index contributed by atoms with van der Waals surface area (Å²) in [5.74, 6) is 0. The number of pyridine rings is 1. The molecular formula is C21H25ClFN5O. The van der Waals surface area contributed by atoms with E-state index in [2.05, 4.69) is 27.2 Å². The van der Waals surface area contributed by atoms with Gasteiger partial charge in [-0.05, 0) is 13.3 Å². The fourth-order valence-corrected chi connectivity index (χ4v) is 4.75. The molecule has 154 valence electrons. The molecule has 0 amide bonds. The smallest absolute Gasteiger partial charge is 0.135 e. The third-order valence-corrected chi connectivity index (χ3v) is 6.50. The van der Waals surface area contributed by atoms with Gasteiger partial charge in [-0.25, -0.2) is 4.39 Å². The summed E-state index contributed by atoms with van der Waals surface area (Å²) in [6.07, 6.45) is 8.15. The number of fused-ring (bicyclic) bond motifs is 1. The standard InChI is InChI=1S/C21H25ClFN5O/c1-2-24-21-15(8-25-18-4-3-16(22)20(18)21)13-7-26-28(9-13)19-5-6-27(10-17(19)23)14-11-29-12-14/h3,7-9,14,17,19H,2,4-6,10-12H2,1H3,(H,24,25)/t17-,19-/m0/s1. The van der Waals surface area contributed by atoms with E-state index in [1.165, 1.54) is 0 Å². The Labute approximate surface area is 174 Å². The van der Waals surface area contributed by atoms with Crippen molar-refractivity contribution in [1.82, 2.24) is 19.7 Å². The molecule has 0 bridgehead atoms. The van der Waals surface area contributed by atoms with Crippen molar-refractivity contribution in [2.45, 2.75) is 38.0 Å². The van der Waals surface area contributed by atoms with Crippen LogP contribution in [0.25, 0.3) is 16.2 Å². The van der Waals surface area contributed by atoms with Gasteiger partial charge in [-0.15, -0.1) is 0 Å². The van der Waals surface area contributed by atoms with Gasteiger partial charge in [0.05, 0.1) is 42.9 Å². The molecule has 8 heteroatoms. The zero-order valence-corrected chi connectivity index (χ0v) is 17.2. The second-order valence-corrected chi connectivity index (χ2v) is 8.33. The van der Waals surface area contributed by atoms with E-state index in [1.807, 2.05) is 18.5 Å². The number of rotatable bonds is 5. The normalized spacial score (nSPS) is 24.9. The Morgan fingerprint density at radius 3 is 2.93 bits per heavy atom. The van der Waals surface area contributed by atoms with Crippen LogP contribution in [0.3, 0.4) is 0 Å². The van der Waals surface area contributed by atoms with Gasteiger partial charge in [-0.2, -0.15) is 5.10 Å². The highest BCUT2D eigenvalue weighted by molar-refractivity contribution is 6.50. The Morgan fingerprint density at radius 2 is 2.21 bits per heavy atom. The van der Waals surface area contributed by atoms with Crippen LogP contribution in [0.15, 0.2) is 24.7 Å². The van der Waals surface area contributed by atoms with Gasteiger partial charge >= 0.3 is 0 Å². The highest BCUT2D eigenvalue weighted by Crippen LogP contribution is 2.41. The molecule has 2 aromatic heterocycles. The van der Waals surface area contributed by atoms with Crippen LogP contribution in [-0.2, 0) is 11.2 Å². The summed E-state index contributed by atoms with van der Waals surface area (Å²) in [4.78, 5) is 6.81. The van der Waals surface area contributed by atoms with Crippen LogP contribution in [0.4, 0.5) is 10.1 Å². The maximum atomic E-state index is 15.0. The number of piperidine rings is 1. The van der Waals surface area contributed by atoms with E-state index < -0.39 is 6.17 Å². The Balaban J connectivity index is 1.41. The molecule has 6 nitrogen and oxygen atoms in total. The van der Waals surface area contributed by atoms with E-state index in [1.54, 1.807) is 10.9 Å². The van der Waals surface area contributed by atoms with Gasteiger partial charge in [-0.3, -0.25) is 14.6 Å². The Morgan fingerprint density at radius 1 is 1.34 bits per heavy atom. The molecule has 1 N–H and O–H groups in total. The minimum Gasteiger partial charge on any atom is -0.384 e. The molecule has 5 rings (SSSR count). The maximum absolute atomic E-state index is 15.0. The SMILES string of the molecule is CCNc1c(-c2cnn([C@H]3CCN(C4COC4)C[C@@H]3F)c2)cnc2c1C(Cl)=CC2. The summed E-state index contributed by atoms with van der Waals surface area (Å²) in [6, 6.07) is 0.134. The topological polar surface area (TPSA) is 55.2 Å². The third kappa shape index (κ3) is 3.35. The number of likely N-dealkylation sites (tertiary alicyclic amines) is 1. The van der Waals surface area contributed by atoms with Gasteiger partial charge in [0.2, 0.25) is 0 Å². The molecule has 2 aromatic rings. The van der Waals surface area contributed by atoms with E-state index in [0.29, 0.717) is 12.6 Å². The van der Waals surface area contributed by atoms with Crippen molar-refractivity contribution in [1.29, 1.82) is 0 Å². The molecule has 0 aromatic carbocycles. The highest BCUT2D eigenvalue weighted by Gasteiger charge is 2.36. The van der Waals surface area contributed by atoms with Crippen LogP contribution in [-0.4, -0.2) is 64.7 Å². The van der Waals surface area contributed by atoms with Gasteiger partial charge in [0, 0.05) is 60.2 Å². The number of halogens is 2. The van der Waals surface area contributed by atoms with E-state index >= 15 is 0 Å². The number of hydrogen-bond acceptors (Lipinski definition) is 5. The van der Waals surface area contributed by atoms with Gasteiger partial charge in [0.15, 0.2) is 0 Å². The molecule has 0 radical (unpaired) electrons. The molecule has 2 atom stereocenters. The largest absolute Gasteiger partial charge is 0.384 e. The monoisotopic (exact) mass is 417 g/mol. The van der Waals surface area contributed by atoms with Crippen LogP contribution >= 0.6 is 11.6 Å². The van der Waals surface area contributed by atoms with Crippen LogP contribution in [0.2, 0.25) is 0 Å². The van der Waals surface area contributed by atoms with Crippen molar-refractivity contribution in [3.63, 3.8) is 0 Å². The molecule has 2 aliphatic heterocycles. The average molecular weight is 418 g/mol. The second-order valence-electron chi connectivity index (χ2n) is 7.92. The lowest BCUT2D eigenvalue weighted by molar-refractivity contribution is -0.0847. The fraction of sp³-hybridized carbons (Fsp3) is 0.524. The zero-order valence-electron chi connectivity index (χ0n) is 16.4. The van der Waals surface area contributed by atoms with Gasteiger partial charge in [0.1, 0.15) is 6.17 Å². The molecule has 0 unspecified atom stereocenters. The van der Waals surface area contributed by atoms with E-state index in [9.17, 15) is 4.39 Å². The lowest BCUT2D eigenvalue weighted by Gasteiger charge is -2.42. The molecule has 2 saturated heterocycles. The van der Waals surface area contributed by atoms with Crippen molar-refractivity contribution in [3.8, 4) is 11.1 Å². The first-order chi connectivity index (χ1) is 14.2. The summed E-state index contributed by atoms with van der Waals surface area (Å²) in [7, 11) is 0. The molecule has 0 spiro atoms. The lowest BCUT2D eigenvalue weighted by Crippen LogP contribution is -2.55. The summed E-state index contributed by atoms with van der Waals surface area (Å²) in [5, 5.41) is 8.68. The molecule has 4 heterocycles. The van der Waals surface area contributed by atoms with Crippen molar-refractivity contribution in [3.05, 3.63) is 35.9 Å². The number of alkyl halides is 1. The molecule has 0 saturated carbocycles. The number of anilines is 1. The number of aromatic nitrogens is 3. The molecule has 2 fully saturated rings.